The van der Waals surface area contributed by atoms with E-state index in [-0.39, 0.29) is 0 Å². The van der Waals surface area contributed by atoms with E-state index in [2.05, 4.69) is 48.2 Å². The maximum absolute atomic E-state index is 6.04. The van der Waals surface area contributed by atoms with Crippen LogP contribution in [0, 0.1) is 13.8 Å². The van der Waals surface area contributed by atoms with Crippen molar-refractivity contribution >= 4 is 17.1 Å². The van der Waals surface area contributed by atoms with Gasteiger partial charge in [-0.1, -0.05) is 23.8 Å². The second kappa shape index (κ2) is 4.61. The van der Waals surface area contributed by atoms with Gasteiger partial charge in [-0.15, -0.1) is 0 Å². The fourth-order valence-corrected chi connectivity index (χ4v) is 2.79. The van der Waals surface area contributed by atoms with Gasteiger partial charge in [-0.2, -0.15) is 0 Å². The van der Waals surface area contributed by atoms with Gasteiger partial charge in [0.1, 0.15) is 0 Å². The van der Waals surface area contributed by atoms with Crippen LogP contribution in [-0.2, 0) is 6.42 Å². The second-order valence-electron chi connectivity index (χ2n) is 5.43. The van der Waals surface area contributed by atoms with Gasteiger partial charge < -0.3 is 10.6 Å². The highest BCUT2D eigenvalue weighted by Gasteiger charge is 2.18. The molecule has 0 fully saturated rings. The number of nitrogens with two attached hydrogens (primary N) is 1. The zero-order valence-corrected chi connectivity index (χ0v) is 11.6. The first-order valence-corrected chi connectivity index (χ1v) is 6.88. The molecule has 2 nitrogen and oxygen atoms in total. The molecule has 2 heteroatoms. The Morgan fingerprint density at radius 1 is 1.05 bits per heavy atom. The molecule has 1 aliphatic rings. The largest absolute Gasteiger partial charge is 0.398 e. The number of fused-ring (bicyclic) bond motifs is 1. The molecule has 2 aromatic rings. The maximum Gasteiger partial charge on any atom is 0.0443 e. The van der Waals surface area contributed by atoms with Crippen molar-refractivity contribution in [3.8, 4) is 0 Å². The van der Waals surface area contributed by atoms with Gasteiger partial charge in [0.2, 0.25) is 0 Å². The average Bonchev–Trinajstić information content (AvgIpc) is 2.41. The molecule has 0 saturated carbocycles. The van der Waals surface area contributed by atoms with Crippen molar-refractivity contribution in [1.82, 2.24) is 0 Å². The molecule has 19 heavy (non-hydrogen) atoms. The summed E-state index contributed by atoms with van der Waals surface area (Å²) in [6.45, 7) is 5.27. The molecule has 0 unspecified atom stereocenters. The molecule has 1 heterocycles. The van der Waals surface area contributed by atoms with Crippen molar-refractivity contribution in [2.45, 2.75) is 26.7 Å². The van der Waals surface area contributed by atoms with Crippen LogP contribution < -0.4 is 10.6 Å². The number of rotatable bonds is 1. The van der Waals surface area contributed by atoms with Crippen molar-refractivity contribution in [1.29, 1.82) is 0 Å². The first-order valence-electron chi connectivity index (χ1n) is 6.88. The summed E-state index contributed by atoms with van der Waals surface area (Å²) < 4.78 is 0. The van der Waals surface area contributed by atoms with E-state index in [9.17, 15) is 0 Å². The average molecular weight is 252 g/mol. The molecule has 3 rings (SSSR count). The van der Waals surface area contributed by atoms with Crippen molar-refractivity contribution in [2.75, 3.05) is 17.2 Å². The highest BCUT2D eigenvalue weighted by Crippen LogP contribution is 2.35. The second-order valence-corrected chi connectivity index (χ2v) is 5.43. The van der Waals surface area contributed by atoms with Crippen molar-refractivity contribution in [2.24, 2.45) is 0 Å². The summed E-state index contributed by atoms with van der Waals surface area (Å²) in [5.41, 5.74) is 13.4. The first kappa shape index (κ1) is 12.1. The highest BCUT2D eigenvalue weighted by atomic mass is 15.1. The van der Waals surface area contributed by atoms with Gasteiger partial charge in [-0.05, 0) is 56.0 Å². The van der Waals surface area contributed by atoms with Crippen LogP contribution in [0.2, 0.25) is 0 Å². The lowest BCUT2D eigenvalue weighted by Gasteiger charge is -2.32. The number of aryl methyl sites for hydroxylation is 3. The van der Waals surface area contributed by atoms with Crippen LogP contribution in [0.5, 0.6) is 0 Å². The van der Waals surface area contributed by atoms with Crippen molar-refractivity contribution < 1.29 is 0 Å². The molecule has 2 aromatic carbocycles. The van der Waals surface area contributed by atoms with Gasteiger partial charge in [-0.3, -0.25) is 0 Å². The summed E-state index contributed by atoms with van der Waals surface area (Å²) in [5.74, 6) is 0. The van der Waals surface area contributed by atoms with Crippen LogP contribution >= 0.6 is 0 Å². The van der Waals surface area contributed by atoms with Gasteiger partial charge in [0.05, 0.1) is 0 Å². The molecule has 0 bridgehead atoms. The molecule has 98 valence electrons. The van der Waals surface area contributed by atoms with Gasteiger partial charge in [0, 0.05) is 23.6 Å². The first-order chi connectivity index (χ1) is 9.15. The molecule has 0 spiro atoms. The van der Waals surface area contributed by atoms with Crippen LogP contribution in [0.15, 0.2) is 36.4 Å². The summed E-state index contributed by atoms with van der Waals surface area (Å²) in [6, 6.07) is 13.1. The standard InChI is InChI=1S/C17H20N2/c1-12-5-8-17-14(10-12)4-3-9-19(17)15-7-6-13(2)16(18)11-15/h5-8,10-11H,3-4,9,18H2,1-2H3. The molecule has 0 saturated heterocycles. The summed E-state index contributed by atoms with van der Waals surface area (Å²) in [6.07, 6.45) is 2.37. The molecular weight excluding hydrogens is 232 g/mol. The quantitative estimate of drug-likeness (QED) is 0.778. The molecular formula is C17H20N2. The molecule has 0 aliphatic carbocycles. The lowest BCUT2D eigenvalue weighted by Crippen LogP contribution is -2.24. The summed E-state index contributed by atoms with van der Waals surface area (Å²) in [5, 5.41) is 0. The summed E-state index contributed by atoms with van der Waals surface area (Å²) >= 11 is 0. The van der Waals surface area contributed by atoms with Gasteiger partial charge in [0.25, 0.3) is 0 Å². The van der Waals surface area contributed by atoms with Gasteiger partial charge in [-0.25, -0.2) is 0 Å². The van der Waals surface area contributed by atoms with Crippen LogP contribution in [-0.4, -0.2) is 6.54 Å². The van der Waals surface area contributed by atoms with Gasteiger partial charge >= 0.3 is 0 Å². The third-order valence-corrected chi connectivity index (χ3v) is 3.93. The van der Waals surface area contributed by atoms with Crippen molar-refractivity contribution in [3.63, 3.8) is 0 Å². The Balaban J connectivity index is 2.05. The van der Waals surface area contributed by atoms with E-state index in [1.807, 2.05) is 6.92 Å². The third kappa shape index (κ3) is 2.19. The molecule has 0 amide bonds. The lowest BCUT2D eigenvalue weighted by molar-refractivity contribution is 0.766. The number of benzene rings is 2. The number of hydrogen-bond acceptors (Lipinski definition) is 2. The van der Waals surface area contributed by atoms with E-state index in [0.717, 1.165) is 17.8 Å². The minimum absolute atomic E-state index is 0.872. The summed E-state index contributed by atoms with van der Waals surface area (Å²) in [4.78, 5) is 2.38. The van der Waals surface area contributed by atoms with E-state index < -0.39 is 0 Å². The van der Waals surface area contributed by atoms with Crippen LogP contribution in [0.1, 0.15) is 23.1 Å². The lowest BCUT2D eigenvalue weighted by atomic mass is 9.99. The predicted molar refractivity (Wildman–Crippen MR) is 82.1 cm³/mol. The van der Waals surface area contributed by atoms with Crippen LogP contribution in [0.25, 0.3) is 0 Å². The van der Waals surface area contributed by atoms with Crippen molar-refractivity contribution in [3.05, 3.63) is 53.1 Å². The van der Waals surface area contributed by atoms with E-state index in [0.29, 0.717) is 0 Å². The van der Waals surface area contributed by atoms with E-state index >= 15 is 0 Å². The number of anilines is 3. The van der Waals surface area contributed by atoms with Crippen LogP contribution in [0.4, 0.5) is 17.1 Å². The Hall–Kier alpha value is -1.96. The number of nitrogens with zero attached hydrogens (tertiary/aromatic N) is 1. The molecule has 1 aliphatic heterocycles. The molecule has 0 aromatic heterocycles. The Morgan fingerprint density at radius 2 is 1.89 bits per heavy atom. The van der Waals surface area contributed by atoms with Crippen LogP contribution in [0.3, 0.4) is 0 Å². The number of nitrogen functional groups attached to an aromatic ring is 1. The fraction of sp³-hybridized carbons (Fsp3) is 0.294. The van der Waals surface area contributed by atoms with E-state index in [1.165, 1.54) is 35.3 Å². The predicted octanol–water partition coefficient (Wildman–Crippen LogP) is 3.97. The van der Waals surface area contributed by atoms with E-state index in [4.69, 9.17) is 5.73 Å². The zero-order valence-electron chi connectivity index (χ0n) is 11.6. The molecule has 0 atom stereocenters. The highest BCUT2D eigenvalue weighted by molar-refractivity contribution is 5.71. The number of hydrogen-bond donors (Lipinski definition) is 1. The molecule has 0 radical (unpaired) electrons. The Morgan fingerprint density at radius 3 is 2.68 bits per heavy atom. The fourth-order valence-electron chi connectivity index (χ4n) is 2.79. The monoisotopic (exact) mass is 252 g/mol. The minimum atomic E-state index is 0.872. The Labute approximate surface area is 114 Å². The SMILES string of the molecule is Cc1ccc2c(c1)CCCN2c1ccc(C)c(N)c1. The Kier molecular flexibility index (Phi) is 2.94. The van der Waals surface area contributed by atoms with E-state index in [1.54, 1.807) is 0 Å². The van der Waals surface area contributed by atoms with Gasteiger partial charge in [0.15, 0.2) is 0 Å². The molecule has 2 N–H and O–H groups in total. The third-order valence-electron chi connectivity index (χ3n) is 3.93. The zero-order chi connectivity index (χ0) is 13.4. The topological polar surface area (TPSA) is 29.3 Å². The summed E-state index contributed by atoms with van der Waals surface area (Å²) in [7, 11) is 0. The maximum atomic E-state index is 6.04. The smallest absolute Gasteiger partial charge is 0.0443 e. The minimum Gasteiger partial charge on any atom is -0.398 e. The normalized spacial score (nSPS) is 14.3. The Bertz CT molecular complexity index is 617.